The number of piperidine rings is 2. The Bertz CT molecular complexity index is 833. The van der Waals surface area contributed by atoms with Crippen LogP contribution in [-0.2, 0) is 4.74 Å². The van der Waals surface area contributed by atoms with Crippen LogP contribution < -0.4 is 5.32 Å². The van der Waals surface area contributed by atoms with Gasteiger partial charge >= 0.3 is 6.09 Å². The first-order valence-corrected chi connectivity index (χ1v) is 12.9. The van der Waals surface area contributed by atoms with Crippen LogP contribution in [0.15, 0.2) is 24.8 Å². The number of carbonyl (C=O) groups is 1. The molecule has 2 aromatic heterocycles. The van der Waals surface area contributed by atoms with Crippen LogP contribution >= 0.6 is 45.2 Å². The summed E-state index contributed by atoms with van der Waals surface area (Å²) < 4.78 is 11.9. The SMILES string of the molecule is CC(C)(C)OC(=O)N1CCC(n2cc(I)cn2)CC1.Ic1cnn(C2CCNCC2)c1. The Morgan fingerprint density at radius 1 is 0.968 bits per heavy atom. The molecule has 4 rings (SSSR count). The topological polar surface area (TPSA) is 77.2 Å². The van der Waals surface area contributed by atoms with E-state index in [1.165, 1.54) is 16.4 Å². The molecule has 0 saturated carbocycles. The molecule has 0 bridgehead atoms. The van der Waals surface area contributed by atoms with Crippen LogP contribution in [0.3, 0.4) is 0 Å². The molecule has 0 aromatic carbocycles. The van der Waals surface area contributed by atoms with E-state index in [1.807, 2.05) is 44.0 Å². The lowest BCUT2D eigenvalue weighted by atomic mass is 10.1. The predicted molar refractivity (Wildman–Crippen MR) is 137 cm³/mol. The summed E-state index contributed by atoms with van der Waals surface area (Å²) in [4.78, 5) is 13.7. The largest absolute Gasteiger partial charge is 0.444 e. The first-order chi connectivity index (χ1) is 14.7. The number of nitrogens with one attached hydrogen (secondary N) is 1. The average Bonchev–Trinajstić information content (AvgIpc) is 3.36. The summed E-state index contributed by atoms with van der Waals surface area (Å²) in [6.07, 6.45) is 12.0. The minimum Gasteiger partial charge on any atom is -0.444 e. The van der Waals surface area contributed by atoms with E-state index in [0.29, 0.717) is 12.1 Å². The second kappa shape index (κ2) is 11.3. The maximum absolute atomic E-state index is 11.9. The van der Waals surface area contributed by atoms with E-state index in [0.717, 1.165) is 42.6 Å². The molecule has 0 atom stereocenters. The molecule has 0 spiro atoms. The molecule has 10 heteroatoms. The van der Waals surface area contributed by atoms with Gasteiger partial charge in [-0.1, -0.05) is 0 Å². The Kier molecular flexibility index (Phi) is 9.02. The van der Waals surface area contributed by atoms with Crippen molar-refractivity contribution in [2.24, 2.45) is 0 Å². The number of halogens is 2. The van der Waals surface area contributed by atoms with E-state index in [4.69, 9.17) is 4.74 Å². The zero-order chi connectivity index (χ0) is 22.4. The van der Waals surface area contributed by atoms with E-state index in [2.05, 4.69) is 71.6 Å². The zero-order valence-corrected chi connectivity index (χ0v) is 22.7. The number of amides is 1. The van der Waals surface area contributed by atoms with Gasteiger partial charge in [0.25, 0.3) is 0 Å². The molecule has 0 radical (unpaired) electrons. The Balaban J connectivity index is 0.000000194. The van der Waals surface area contributed by atoms with Crippen LogP contribution in [0, 0.1) is 7.14 Å². The van der Waals surface area contributed by atoms with Gasteiger partial charge in [0.05, 0.1) is 31.6 Å². The smallest absolute Gasteiger partial charge is 0.410 e. The summed E-state index contributed by atoms with van der Waals surface area (Å²) in [6, 6.07) is 1.01. The maximum atomic E-state index is 11.9. The van der Waals surface area contributed by atoms with Gasteiger partial charge in [-0.3, -0.25) is 9.36 Å². The lowest BCUT2D eigenvalue weighted by Gasteiger charge is -2.33. The van der Waals surface area contributed by atoms with E-state index >= 15 is 0 Å². The highest BCUT2D eigenvalue weighted by Crippen LogP contribution is 2.24. The molecule has 172 valence electrons. The van der Waals surface area contributed by atoms with Crippen molar-refractivity contribution in [3.63, 3.8) is 0 Å². The van der Waals surface area contributed by atoms with Crippen LogP contribution in [0.25, 0.3) is 0 Å². The Morgan fingerprint density at radius 3 is 1.87 bits per heavy atom. The summed E-state index contributed by atoms with van der Waals surface area (Å²) in [7, 11) is 0. The van der Waals surface area contributed by atoms with Gasteiger partial charge in [0.1, 0.15) is 5.60 Å². The highest BCUT2D eigenvalue weighted by atomic mass is 127. The van der Waals surface area contributed by atoms with Crippen molar-refractivity contribution in [1.29, 1.82) is 0 Å². The molecule has 8 nitrogen and oxygen atoms in total. The first kappa shape index (κ1) is 24.7. The van der Waals surface area contributed by atoms with Crippen molar-refractivity contribution in [1.82, 2.24) is 29.8 Å². The maximum Gasteiger partial charge on any atom is 0.410 e. The van der Waals surface area contributed by atoms with Crippen LogP contribution in [-0.4, -0.2) is 62.3 Å². The highest BCUT2D eigenvalue weighted by Gasteiger charge is 2.27. The number of carbonyl (C=O) groups excluding carboxylic acids is 1. The Morgan fingerprint density at radius 2 is 1.45 bits per heavy atom. The molecular formula is C21H32I2N6O2. The van der Waals surface area contributed by atoms with Crippen LogP contribution in [0.4, 0.5) is 4.79 Å². The van der Waals surface area contributed by atoms with Crippen molar-refractivity contribution >= 4 is 51.3 Å². The standard InChI is InChI=1S/C13H20IN3O2.C8H12IN3/c1-13(2,3)19-12(18)16-6-4-11(5-7-16)17-9-10(14)8-15-17;9-7-5-11-12(6-7)8-1-3-10-4-2-8/h8-9,11H,4-7H2,1-3H3;5-6,8,10H,1-4H2. The molecule has 2 saturated heterocycles. The summed E-state index contributed by atoms with van der Waals surface area (Å²) in [6.45, 7) is 9.39. The van der Waals surface area contributed by atoms with E-state index in [1.54, 1.807) is 4.90 Å². The van der Waals surface area contributed by atoms with Gasteiger partial charge in [-0.2, -0.15) is 10.2 Å². The highest BCUT2D eigenvalue weighted by molar-refractivity contribution is 14.1. The Labute approximate surface area is 211 Å². The van der Waals surface area contributed by atoms with Gasteiger partial charge in [-0.25, -0.2) is 4.79 Å². The fourth-order valence-electron chi connectivity index (χ4n) is 3.74. The fourth-order valence-corrected chi connectivity index (χ4v) is 4.56. The summed E-state index contributed by atoms with van der Waals surface area (Å²) in [5, 5.41) is 12.0. The third kappa shape index (κ3) is 7.88. The fraction of sp³-hybridized carbons (Fsp3) is 0.667. The lowest BCUT2D eigenvalue weighted by Crippen LogP contribution is -2.42. The molecule has 2 aliphatic heterocycles. The van der Waals surface area contributed by atoms with Gasteiger partial charge in [0.2, 0.25) is 0 Å². The Hall–Kier alpha value is -0.890. The van der Waals surface area contributed by atoms with Crippen LogP contribution in [0.5, 0.6) is 0 Å². The molecule has 2 aliphatic rings. The van der Waals surface area contributed by atoms with Gasteiger partial charge in [0, 0.05) is 25.5 Å². The van der Waals surface area contributed by atoms with Gasteiger partial charge in [0.15, 0.2) is 0 Å². The summed E-state index contributed by atoms with van der Waals surface area (Å²) >= 11 is 4.56. The number of likely N-dealkylation sites (tertiary alicyclic amines) is 1. The monoisotopic (exact) mass is 654 g/mol. The number of hydrogen-bond acceptors (Lipinski definition) is 5. The van der Waals surface area contributed by atoms with E-state index in [-0.39, 0.29) is 6.09 Å². The van der Waals surface area contributed by atoms with Gasteiger partial charge < -0.3 is 15.0 Å². The number of nitrogens with zero attached hydrogens (tertiary/aromatic N) is 5. The van der Waals surface area contributed by atoms with Crippen molar-refractivity contribution in [2.75, 3.05) is 26.2 Å². The summed E-state index contributed by atoms with van der Waals surface area (Å²) in [5.74, 6) is 0. The minimum atomic E-state index is -0.425. The molecule has 2 aromatic rings. The van der Waals surface area contributed by atoms with Gasteiger partial charge in [-0.15, -0.1) is 0 Å². The van der Waals surface area contributed by atoms with Crippen LogP contribution in [0.1, 0.15) is 58.5 Å². The average molecular weight is 654 g/mol. The number of rotatable bonds is 2. The first-order valence-electron chi connectivity index (χ1n) is 10.8. The van der Waals surface area contributed by atoms with Crippen molar-refractivity contribution in [2.45, 2.75) is 64.1 Å². The number of ether oxygens (including phenoxy) is 1. The third-order valence-electron chi connectivity index (χ3n) is 5.31. The van der Waals surface area contributed by atoms with Crippen molar-refractivity contribution < 1.29 is 9.53 Å². The summed E-state index contributed by atoms with van der Waals surface area (Å²) in [5.41, 5.74) is -0.425. The predicted octanol–water partition coefficient (Wildman–Crippen LogP) is 4.47. The van der Waals surface area contributed by atoms with E-state index in [9.17, 15) is 4.79 Å². The second-order valence-electron chi connectivity index (χ2n) is 8.96. The number of aromatic nitrogens is 4. The molecule has 0 unspecified atom stereocenters. The quantitative estimate of drug-likeness (QED) is 0.484. The van der Waals surface area contributed by atoms with Crippen molar-refractivity contribution in [3.05, 3.63) is 31.9 Å². The van der Waals surface area contributed by atoms with E-state index < -0.39 is 5.60 Å². The number of hydrogen-bond donors (Lipinski definition) is 1. The van der Waals surface area contributed by atoms with Gasteiger partial charge in [-0.05, 0) is 105 Å². The molecule has 1 N–H and O–H groups in total. The minimum absolute atomic E-state index is 0.207. The van der Waals surface area contributed by atoms with Crippen molar-refractivity contribution in [3.8, 4) is 0 Å². The third-order valence-corrected chi connectivity index (χ3v) is 6.43. The molecule has 31 heavy (non-hydrogen) atoms. The molecule has 1 amide bonds. The van der Waals surface area contributed by atoms with Crippen LogP contribution in [0.2, 0.25) is 0 Å². The normalized spacial score (nSPS) is 18.4. The zero-order valence-electron chi connectivity index (χ0n) is 18.4. The lowest BCUT2D eigenvalue weighted by molar-refractivity contribution is 0.0185. The second-order valence-corrected chi connectivity index (χ2v) is 11.4. The molecule has 0 aliphatic carbocycles. The molecular weight excluding hydrogens is 622 g/mol. The molecule has 4 heterocycles. The molecule has 2 fully saturated rings.